The predicted molar refractivity (Wildman–Crippen MR) is 155 cm³/mol. The molecule has 6 rings (SSSR count). The molecule has 0 spiro atoms. The number of hydrogen-bond donors (Lipinski definition) is 2. The van der Waals surface area contributed by atoms with Crippen molar-refractivity contribution < 1.29 is 9.59 Å². The van der Waals surface area contributed by atoms with E-state index in [0.717, 1.165) is 55.6 Å². The molecule has 3 aromatic heterocycles. The van der Waals surface area contributed by atoms with Crippen molar-refractivity contribution in [1.82, 2.24) is 24.3 Å². The topological polar surface area (TPSA) is 119 Å². The van der Waals surface area contributed by atoms with Gasteiger partial charge in [-0.3, -0.25) is 14.0 Å². The molecule has 0 radical (unpaired) electrons. The van der Waals surface area contributed by atoms with E-state index in [1.807, 2.05) is 21.7 Å². The number of nitrogen functional groups attached to an aromatic ring is 1. The molecule has 4 heterocycles. The van der Waals surface area contributed by atoms with Crippen LogP contribution in [0.1, 0.15) is 106 Å². The Hall–Kier alpha value is -3.75. The van der Waals surface area contributed by atoms with Crippen LogP contribution in [0.25, 0.3) is 5.52 Å². The fraction of sp³-hybridized carbons (Fsp3) is 0.516. The minimum absolute atomic E-state index is 0.0489. The van der Waals surface area contributed by atoms with Gasteiger partial charge in [-0.05, 0) is 81.1 Å². The van der Waals surface area contributed by atoms with Gasteiger partial charge >= 0.3 is 0 Å². The van der Waals surface area contributed by atoms with E-state index in [-0.39, 0.29) is 29.7 Å². The van der Waals surface area contributed by atoms with Crippen LogP contribution in [-0.4, -0.2) is 42.6 Å². The first-order valence-electron chi connectivity index (χ1n) is 14.9. The fourth-order valence-electron chi connectivity index (χ4n) is 7.11. The van der Waals surface area contributed by atoms with Crippen LogP contribution in [0, 0.1) is 5.92 Å². The van der Waals surface area contributed by atoms with Crippen LogP contribution >= 0.6 is 0 Å². The van der Waals surface area contributed by atoms with Crippen molar-refractivity contribution in [1.29, 1.82) is 0 Å². The standard InChI is InChI=1S/C31H39N7O2/c1-2-26(39)37-17-6-9-24(37)30-36-27(28-29(32)34-16-18-38(28)30)21-10-12-22(13-11-21)31(40)35-25-19-23(14-15-33-25)20-7-4-3-5-8-20/h2,14-16,18-22,24H,1,3-13,17H2,(H2,32,34)(H,33,35,40). The van der Waals surface area contributed by atoms with Gasteiger partial charge in [0.1, 0.15) is 23.0 Å². The molecule has 9 heteroatoms. The molecule has 2 amide bonds. The summed E-state index contributed by atoms with van der Waals surface area (Å²) >= 11 is 0. The summed E-state index contributed by atoms with van der Waals surface area (Å²) in [5.74, 6) is 2.60. The molecule has 2 aliphatic carbocycles. The lowest BCUT2D eigenvalue weighted by atomic mass is 9.80. The highest BCUT2D eigenvalue weighted by Gasteiger charge is 2.35. The third kappa shape index (κ3) is 5.09. The van der Waals surface area contributed by atoms with Gasteiger partial charge in [-0.2, -0.15) is 0 Å². The molecule has 3 aliphatic rings. The summed E-state index contributed by atoms with van der Waals surface area (Å²) in [4.78, 5) is 41.5. The predicted octanol–water partition coefficient (Wildman–Crippen LogP) is 5.52. The molecule has 9 nitrogen and oxygen atoms in total. The van der Waals surface area contributed by atoms with E-state index in [9.17, 15) is 9.59 Å². The Balaban J connectivity index is 1.16. The van der Waals surface area contributed by atoms with E-state index in [4.69, 9.17) is 10.7 Å². The molecule has 3 aromatic rings. The number of carbonyl (C=O) groups excluding carboxylic acids is 2. The molecule has 1 unspecified atom stereocenters. The first-order chi connectivity index (χ1) is 19.5. The Morgan fingerprint density at radius 3 is 2.55 bits per heavy atom. The van der Waals surface area contributed by atoms with Crippen LogP contribution in [0.5, 0.6) is 0 Å². The number of imidazole rings is 1. The van der Waals surface area contributed by atoms with Gasteiger partial charge in [0.05, 0.1) is 11.7 Å². The van der Waals surface area contributed by atoms with Crippen LogP contribution in [0.3, 0.4) is 0 Å². The first-order valence-corrected chi connectivity index (χ1v) is 14.9. The molecule has 1 aliphatic heterocycles. The third-order valence-corrected chi connectivity index (χ3v) is 9.24. The van der Waals surface area contributed by atoms with E-state index in [0.29, 0.717) is 24.1 Å². The van der Waals surface area contributed by atoms with Crippen molar-refractivity contribution in [2.45, 2.75) is 88.5 Å². The molecular formula is C31H39N7O2. The average Bonchev–Trinajstić information content (AvgIpc) is 3.63. The number of nitrogens with zero attached hydrogens (tertiary/aromatic N) is 5. The molecule has 1 atom stereocenters. The number of aromatic nitrogens is 4. The highest BCUT2D eigenvalue weighted by atomic mass is 16.2. The number of amides is 2. The number of hydrogen-bond acceptors (Lipinski definition) is 6. The Morgan fingerprint density at radius 2 is 1.77 bits per heavy atom. The maximum atomic E-state index is 13.2. The Kier molecular flexibility index (Phi) is 7.54. The number of nitrogens with one attached hydrogen (secondary N) is 1. The van der Waals surface area contributed by atoms with Crippen LogP contribution < -0.4 is 11.1 Å². The number of carbonyl (C=O) groups is 2. The zero-order valence-electron chi connectivity index (χ0n) is 23.1. The second-order valence-electron chi connectivity index (χ2n) is 11.6. The Labute approximate surface area is 235 Å². The largest absolute Gasteiger partial charge is 0.382 e. The zero-order chi connectivity index (χ0) is 27.6. The lowest BCUT2D eigenvalue weighted by molar-refractivity contribution is -0.127. The van der Waals surface area contributed by atoms with Gasteiger partial charge in [-0.15, -0.1) is 0 Å². The summed E-state index contributed by atoms with van der Waals surface area (Å²) < 4.78 is 2.01. The zero-order valence-corrected chi connectivity index (χ0v) is 23.1. The molecule has 3 N–H and O–H groups in total. The molecule has 0 aromatic carbocycles. The molecule has 210 valence electrons. The van der Waals surface area contributed by atoms with Crippen LogP contribution in [-0.2, 0) is 9.59 Å². The molecule has 2 saturated carbocycles. The van der Waals surface area contributed by atoms with E-state index in [1.165, 1.54) is 43.7 Å². The van der Waals surface area contributed by atoms with Gasteiger partial charge in [0.15, 0.2) is 0 Å². The summed E-state index contributed by atoms with van der Waals surface area (Å²) in [6, 6.07) is 4.05. The number of pyridine rings is 1. The lowest BCUT2D eigenvalue weighted by Gasteiger charge is -2.27. The number of nitrogens with two attached hydrogens (primary N) is 1. The SMILES string of the molecule is C=CC(=O)N1CCCC1c1nc(C2CCC(C(=O)Nc3cc(C4CCCCC4)ccn3)CC2)c2c(N)nccn12. The van der Waals surface area contributed by atoms with Gasteiger partial charge in [0, 0.05) is 37.0 Å². The summed E-state index contributed by atoms with van der Waals surface area (Å²) in [6.07, 6.45) is 18.1. The lowest BCUT2D eigenvalue weighted by Crippen LogP contribution is -2.30. The summed E-state index contributed by atoms with van der Waals surface area (Å²) in [5.41, 5.74) is 9.43. The van der Waals surface area contributed by atoms with Crippen LogP contribution in [0.2, 0.25) is 0 Å². The maximum absolute atomic E-state index is 13.2. The molecular weight excluding hydrogens is 502 g/mol. The Morgan fingerprint density at radius 1 is 0.975 bits per heavy atom. The number of rotatable bonds is 6. The highest BCUT2D eigenvalue weighted by molar-refractivity contribution is 5.91. The van der Waals surface area contributed by atoms with Crippen molar-refractivity contribution >= 4 is 29.0 Å². The van der Waals surface area contributed by atoms with Gasteiger partial charge in [-0.1, -0.05) is 25.8 Å². The minimum Gasteiger partial charge on any atom is -0.382 e. The average molecular weight is 542 g/mol. The van der Waals surface area contributed by atoms with Gasteiger partial charge in [0.2, 0.25) is 11.8 Å². The van der Waals surface area contributed by atoms with Crippen molar-refractivity contribution in [2.75, 3.05) is 17.6 Å². The normalized spacial score (nSPS) is 23.8. The minimum atomic E-state index is -0.118. The van der Waals surface area contributed by atoms with Crippen molar-refractivity contribution in [3.63, 3.8) is 0 Å². The van der Waals surface area contributed by atoms with E-state index in [1.54, 1.807) is 6.20 Å². The second kappa shape index (κ2) is 11.4. The van der Waals surface area contributed by atoms with Gasteiger partial charge in [-0.25, -0.2) is 15.0 Å². The van der Waals surface area contributed by atoms with Gasteiger partial charge in [0.25, 0.3) is 0 Å². The Bertz CT molecular complexity index is 1400. The fourth-order valence-corrected chi connectivity index (χ4v) is 7.11. The monoisotopic (exact) mass is 541 g/mol. The number of anilines is 2. The number of likely N-dealkylation sites (tertiary alicyclic amines) is 1. The third-order valence-electron chi connectivity index (χ3n) is 9.24. The van der Waals surface area contributed by atoms with Crippen LogP contribution in [0.4, 0.5) is 11.6 Å². The van der Waals surface area contributed by atoms with Gasteiger partial charge < -0.3 is 16.0 Å². The summed E-state index contributed by atoms with van der Waals surface area (Å²) in [7, 11) is 0. The van der Waals surface area contributed by atoms with Crippen molar-refractivity contribution in [3.8, 4) is 0 Å². The smallest absolute Gasteiger partial charge is 0.246 e. The van der Waals surface area contributed by atoms with Crippen molar-refractivity contribution in [2.24, 2.45) is 5.92 Å². The maximum Gasteiger partial charge on any atom is 0.246 e. The van der Waals surface area contributed by atoms with E-state index < -0.39 is 0 Å². The second-order valence-corrected chi connectivity index (χ2v) is 11.6. The van der Waals surface area contributed by atoms with E-state index >= 15 is 0 Å². The molecule has 1 saturated heterocycles. The number of fused-ring (bicyclic) bond motifs is 1. The molecule has 0 bridgehead atoms. The molecule has 40 heavy (non-hydrogen) atoms. The first kappa shape index (κ1) is 26.5. The molecule has 3 fully saturated rings. The highest BCUT2D eigenvalue weighted by Crippen LogP contribution is 2.41. The van der Waals surface area contributed by atoms with E-state index in [2.05, 4.69) is 34.0 Å². The quantitative estimate of drug-likeness (QED) is 0.397. The summed E-state index contributed by atoms with van der Waals surface area (Å²) in [6.45, 7) is 4.37. The summed E-state index contributed by atoms with van der Waals surface area (Å²) in [5, 5.41) is 3.10. The van der Waals surface area contributed by atoms with Crippen LogP contribution in [0.15, 0.2) is 43.4 Å². The van der Waals surface area contributed by atoms with Crippen molar-refractivity contribution in [3.05, 3.63) is 60.5 Å².